The van der Waals surface area contributed by atoms with Crippen LogP contribution in [0.4, 0.5) is 0 Å². The highest BCUT2D eigenvalue weighted by Gasteiger charge is 2.60. The summed E-state index contributed by atoms with van der Waals surface area (Å²) in [6.07, 6.45) is 6.39. The summed E-state index contributed by atoms with van der Waals surface area (Å²) in [5, 5.41) is 54.0. The molecule has 0 saturated heterocycles. The van der Waals surface area contributed by atoms with Crippen LogP contribution in [-0.2, 0) is 19.1 Å². The normalized spacial score (nSPS) is 29.3. The number of fused-ring (bicyclic) bond motifs is 3. The second-order valence-corrected chi connectivity index (χ2v) is 10.9. The molecule has 0 radical (unpaired) electrons. The van der Waals surface area contributed by atoms with Crippen LogP contribution in [-0.4, -0.2) is 55.7 Å². The highest BCUT2D eigenvalue weighted by molar-refractivity contribution is 6.24. The molecule has 208 valence electrons. The van der Waals surface area contributed by atoms with Gasteiger partial charge in [0.2, 0.25) is 5.78 Å². The number of aliphatic hydroxyl groups excluding tert-OH is 4. The fourth-order valence-corrected chi connectivity index (χ4v) is 6.89. The molecule has 0 unspecified atom stereocenters. The molecule has 3 atom stereocenters. The van der Waals surface area contributed by atoms with Crippen LogP contribution < -0.4 is 5.73 Å². The summed E-state index contributed by atoms with van der Waals surface area (Å²) in [7, 11) is 1.54. The monoisotopic (exact) mass is 539 g/mol. The Labute approximate surface area is 225 Å². The van der Waals surface area contributed by atoms with Crippen LogP contribution in [0.25, 0.3) is 0 Å². The van der Waals surface area contributed by atoms with Gasteiger partial charge in [-0.2, -0.15) is 0 Å². The van der Waals surface area contributed by atoms with Gasteiger partial charge in [0.1, 0.15) is 28.6 Å². The summed E-state index contributed by atoms with van der Waals surface area (Å²) < 4.78 is 5.26. The molecule has 0 bridgehead atoms. The van der Waals surface area contributed by atoms with E-state index in [2.05, 4.69) is 0 Å². The van der Waals surface area contributed by atoms with Crippen LogP contribution in [0, 0.1) is 11.8 Å². The van der Waals surface area contributed by atoms with Crippen molar-refractivity contribution in [2.24, 2.45) is 17.6 Å². The quantitative estimate of drug-likeness (QED) is 0.274. The lowest BCUT2D eigenvalue weighted by molar-refractivity contribution is -0.144. The van der Waals surface area contributed by atoms with Gasteiger partial charge in [-0.25, -0.2) is 0 Å². The van der Waals surface area contributed by atoms with Gasteiger partial charge < -0.3 is 36.0 Å². The first-order valence-corrected chi connectivity index (χ1v) is 13.3. The van der Waals surface area contributed by atoms with Gasteiger partial charge in [-0.15, -0.1) is 0 Å². The minimum atomic E-state index is -2.56. The Morgan fingerprint density at radius 1 is 1.08 bits per heavy atom. The van der Waals surface area contributed by atoms with Crippen molar-refractivity contribution < 1.29 is 44.7 Å². The zero-order valence-electron chi connectivity index (χ0n) is 21.7. The van der Waals surface area contributed by atoms with Crippen LogP contribution in [0.2, 0.25) is 0 Å². The SMILES string of the molecule is COC1=C(O)C(CCCC2=C3C[C@H]4C[C@H]5CC(O)=C(C(N)=O)C(=O)[C@@]5(O)C(O)=C4C(=O)C3=C(O)CC2)=CCC1. The molecule has 39 heavy (non-hydrogen) atoms. The molecule has 7 N–H and O–H groups in total. The van der Waals surface area contributed by atoms with Gasteiger partial charge in [-0.05, 0) is 62.0 Å². The smallest absolute Gasteiger partial charge is 0.255 e. The number of Topliss-reactive ketones (excluding diaryl/α,β-unsaturated/α-hetero) is 2. The van der Waals surface area contributed by atoms with Gasteiger partial charge in [0.15, 0.2) is 17.1 Å². The van der Waals surface area contributed by atoms with E-state index in [-0.39, 0.29) is 41.9 Å². The molecular formula is C29H33NO9. The van der Waals surface area contributed by atoms with E-state index in [0.29, 0.717) is 49.9 Å². The fraction of sp³-hybridized carbons (Fsp3) is 0.483. The van der Waals surface area contributed by atoms with Crippen LogP contribution in [0.5, 0.6) is 0 Å². The molecular weight excluding hydrogens is 506 g/mol. The Morgan fingerprint density at radius 3 is 2.51 bits per heavy atom. The van der Waals surface area contributed by atoms with E-state index in [0.717, 1.165) is 17.6 Å². The fourth-order valence-electron chi connectivity index (χ4n) is 6.89. The summed E-state index contributed by atoms with van der Waals surface area (Å²) >= 11 is 0. The summed E-state index contributed by atoms with van der Waals surface area (Å²) in [6, 6.07) is 0. The number of rotatable bonds is 6. The number of ketones is 2. The molecule has 5 aliphatic rings. The third-order valence-corrected chi connectivity index (χ3v) is 8.84. The number of hydrogen-bond acceptors (Lipinski definition) is 9. The maximum Gasteiger partial charge on any atom is 0.255 e. The number of carbonyl (C=O) groups excluding carboxylic acids is 3. The van der Waals surface area contributed by atoms with Crippen molar-refractivity contribution >= 4 is 17.5 Å². The van der Waals surface area contributed by atoms with Crippen LogP contribution in [0.15, 0.2) is 68.3 Å². The van der Waals surface area contributed by atoms with E-state index < -0.39 is 52.0 Å². The molecule has 1 amide bonds. The largest absolute Gasteiger partial charge is 0.512 e. The molecule has 0 spiro atoms. The van der Waals surface area contributed by atoms with Crippen LogP contribution >= 0.6 is 0 Å². The standard InChI is InChI=1S/C29H33NO9/c1-39-20-7-3-6-14(24(20)33)5-2-4-13-8-9-18(31)22-17(13)11-15-10-16-12-19(32)23(28(30)37)27(36)29(16,38)26(35)21(15)25(22)34/h6,15-16,31-33,35,38H,2-5,7-12H2,1H3,(H2,30,37)/t15-,16+,29+/m1/s1. The third kappa shape index (κ3) is 4.09. The second-order valence-electron chi connectivity index (χ2n) is 10.9. The lowest BCUT2D eigenvalue weighted by Gasteiger charge is -2.46. The molecule has 0 aromatic heterocycles. The van der Waals surface area contributed by atoms with Crippen molar-refractivity contribution in [1.82, 2.24) is 0 Å². The highest BCUT2D eigenvalue weighted by atomic mass is 16.5. The molecule has 0 heterocycles. The molecule has 0 aromatic rings. The predicted octanol–water partition coefficient (Wildman–Crippen LogP) is 3.62. The molecule has 5 rings (SSSR count). The first-order chi connectivity index (χ1) is 18.5. The third-order valence-electron chi connectivity index (χ3n) is 8.84. The van der Waals surface area contributed by atoms with Crippen molar-refractivity contribution in [3.63, 3.8) is 0 Å². The van der Waals surface area contributed by atoms with Gasteiger partial charge >= 0.3 is 0 Å². The zero-order valence-corrected chi connectivity index (χ0v) is 21.7. The zero-order chi connectivity index (χ0) is 28.2. The Bertz CT molecular complexity index is 1370. The number of hydrogen-bond donors (Lipinski definition) is 6. The maximum atomic E-state index is 13.7. The number of allylic oxidation sites excluding steroid dienone is 9. The van der Waals surface area contributed by atoms with E-state index in [1.807, 2.05) is 6.08 Å². The van der Waals surface area contributed by atoms with Gasteiger partial charge in [0.05, 0.1) is 12.7 Å². The van der Waals surface area contributed by atoms with E-state index in [9.17, 15) is 39.9 Å². The van der Waals surface area contributed by atoms with Crippen LogP contribution in [0.3, 0.4) is 0 Å². The Kier molecular flexibility index (Phi) is 6.70. The Hall–Kier alpha value is -3.79. The molecule has 1 saturated carbocycles. The lowest BCUT2D eigenvalue weighted by Crippen LogP contribution is -2.57. The van der Waals surface area contributed by atoms with E-state index in [1.165, 1.54) is 7.11 Å². The van der Waals surface area contributed by atoms with Crippen LogP contribution in [0.1, 0.15) is 64.2 Å². The number of carbonyl (C=O) groups is 3. The topological polar surface area (TPSA) is 188 Å². The van der Waals surface area contributed by atoms with Crippen molar-refractivity contribution in [3.8, 4) is 0 Å². The van der Waals surface area contributed by atoms with Crippen molar-refractivity contribution in [2.45, 2.75) is 69.8 Å². The first kappa shape index (κ1) is 26.8. The minimum absolute atomic E-state index is 0.0918. The number of primary amides is 1. The number of methoxy groups -OCH3 is 1. The van der Waals surface area contributed by atoms with Crippen molar-refractivity contribution in [3.05, 3.63) is 68.3 Å². The summed E-state index contributed by atoms with van der Waals surface area (Å²) in [4.78, 5) is 38.5. The van der Waals surface area contributed by atoms with Crippen molar-refractivity contribution in [1.29, 1.82) is 0 Å². The highest BCUT2D eigenvalue weighted by Crippen LogP contribution is 2.53. The lowest BCUT2D eigenvalue weighted by atomic mass is 9.59. The minimum Gasteiger partial charge on any atom is -0.512 e. The average Bonchev–Trinajstić information content (AvgIpc) is 2.88. The summed E-state index contributed by atoms with van der Waals surface area (Å²) in [6.45, 7) is 0. The molecule has 10 nitrogen and oxygen atoms in total. The molecule has 0 aromatic carbocycles. The molecule has 10 heteroatoms. The molecule has 5 aliphatic carbocycles. The maximum absolute atomic E-state index is 13.7. The molecule has 0 aliphatic heterocycles. The summed E-state index contributed by atoms with van der Waals surface area (Å²) in [5.41, 5.74) is 4.40. The second kappa shape index (κ2) is 9.75. The van der Waals surface area contributed by atoms with Gasteiger partial charge in [-0.1, -0.05) is 11.6 Å². The van der Waals surface area contributed by atoms with E-state index >= 15 is 0 Å². The average molecular weight is 540 g/mol. The van der Waals surface area contributed by atoms with Gasteiger partial charge in [0, 0.05) is 30.8 Å². The van der Waals surface area contributed by atoms with E-state index in [4.69, 9.17) is 10.5 Å². The molecule has 1 fully saturated rings. The number of amides is 1. The van der Waals surface area contributed by atoms with E-state index in [1.54, 1.807) is 0 Å². The van der Waals surface area contributed by atoms with Gasteiger partial charge in [0.25, 0.3) is 5.91 Å². The number of nitrogens with two attached hydrogens (primary N) is 1. The Balaban J connectivity index is 1.45. The van der Waals surface area contributed by atoms with Gasteiger partial charge in [-0.3, -0.25) is 14.4 Å². The Morgan fingerprint density at radius 2 is 1.82 bits per heavy atom. The first-order valence-electron chi connectivity index (χ1n) is 13.3. The summed E-state index contributed by atoms with van der Waals surface area (Å²) in [5.74, 6) is -5.33. The number of aliphatic hydroxyl groups is 5. The predicted molar refractivity (Wildman–Crippen MR) is 138 cm³/mol. The number of ether oxygens (including phenoxy) is 1. The van der Waals surface area contributed by atoms with Crippen molar-refractivity contribution in [2.75, 3.05) is 7.11 Å².